The Morgan fingerprint density at radius 1 is 1.25 bits per heavy atom. The number of halogens is 1. The van der Waals surface area contributed by atoms with E-state index < -0.39 is 0 Å². The van der Waals surface area contributed by atoms with Gasteiger partial charge in [-0.15, -0.1) is 0 Å². The standard InChI is InChI=1S/C13H17BrOS/c14-12-6-4-11(5-7-12)9-16-10-13-3-1-2-8-15-13/h4-7,13H,1-3,8-10H2. The first kappa shape index (κ1) is 12.5. The smallest absolute Gasteiger partial charge is 0.0665 e. The molecule has 1 aliphatic heterocycles. The average Bonchev–Trinajstić information content (AvgIpc) is 2.33. The van der Waals surface area contributed by atoms with Gasteiger partial charge in [0.05, 0.1) is 6.10 Å². The van der Waals surface area contributed by atoms with Gasteiger partial charge in [0.2, 0.25) is 0 Å². The van der Waals surface area contributed by atoms with Crippen LogP contribution in [0, 0.1) is 0 Å². The summed E-state index contributed by atoms with van der Waals surface area (Å²) >= 11 is 5.43. The van der Waals surface area contributed by atoms with Crippen LogP contribution in [0.15, 0.2) is 28.7 Å². The quantitative estimate of drug-likeness (QED) is 0.822. The molecule has 1 atom stereocenters. The lowest BCUT2D eigenvalue weighted by Gasteiger charge is -2.22. The minimum Gasteiger partial charge on any atom is -0.377 e. The van der Waals surface area contributed by atoms with E-state index in [1.807, 2.05) is 11.8 Å². The highest BCUT2D eigenvalue weighted by Crippen LogP contribution is 2.21. The van der Waals surface area contributed by atoms with Gasteiger partial charge in [0, 0.05) is 22.6 Å². The van der Waals surface area contributed by atoms with Crippen molar-refractivity contribution < 1.29 is 4.74 Å². The van der Waals surface area contributed by atoms with Crippen molar-refractivity contribution in [2.24, 2.45) is 0 Å². The molecule has 1 nitrogen and oxygen atoms in total. The molecule has 1 saturated heterocycles. The molecule has 16 heavy (non-hydrogen) atoms. The van der Waals surface area contributed by atoms with E-state index in [1.54, 1.807) is 0 Å². The van der Waals surface area contributed by atoms with Crippen LogP contribution in [0.2, 0.25) is 0 Å². The van der Waals surface area contributed by atoms with Gasteiger partial charge in [-0.3, -0.25) is 0 Å². The summed E-state index contributed by atoms with van der Waals surface area (Å²) < 4.78 is 6.86. The molecule has 0 aromatic heterocycles. The highest BCUT2D eigenvalue weighted by atomic mass is 79.9. The lowest BCUT2D eigenvalue weighted by atomic mass is 10.1. The van der Waals surface area contributed by atoms with Crippen molar-refractivity contribution in [1.29, 1.82) is 0 Å². The minimum atomic E-state index is 0.495. The second-order valence-corrected chi connectivity index (χ2v) is 6.08. The van der Waals surface area contributed by atoms with Gasteiger partial charge >= 0.3 is 0 Å². The molecule has 1 heterocycles. The van der Waals surface area contributed by atoms with E-state index in [1.165, 1.54) is 24.8 Å². The molecule has 1 fully saturated rings. The minimum absolute atomic E-state index is 0.495. The van der Waals surface area contributed by atoms with Crippen molar-refractivity contribution in [3.05, 3.63) is 34.3 Å². The highest BCUT2D eigenvalue weighted by molar-refractivity contribution is 9.10. The van der Waals surface area contributed by atoms with E-state index in [4.69, 9.17) is 4.74 Å². The molecule has 0 saturated carbocycles. The number of thioether (sulfide) groups is 1. The fraction of sp³-hybridized carbons (Fsp3) is 0.538. The second kappa shape index (κ2) is 6.67. The first-order chi connectivity index (χ1) is 7.84. The number of hydrogen-bond acceptors (Lipinski definition) is 2. The molecule has 0 spiro atoms. The number of ether oxygens (including phenoxy) is 1. The Morgan fingerprint density at radius 3 is 2.75 bits per heavy atom. The van der Waals surface area contributed by atoms with Gasteiger partial charge < -0.3 is 4.74 Å². The molecule has 0 aliphatic carbocycles. The van der Waals surface area contributed by atoms with Crippen molar-refractivity contribution in [2.45, 2.75) is 31.1 Å². The van der Waals surface area contributed by atoms with Crippen LogP contribution in [-0.4, -0.2) is 18.5 Å². The van der Waals surface area contributed by atoms with Crippen LogP contribution in [0.4, 0.5) is 0 Å². The fourth-order valence-electron chi connectivity index (χ4n) is 1.83. The van der Waals surface area contributed by atoms with E-state index in [0.717, 1.165) is 22.6 Å². The van der Waals surface area contributed by atoms with Crippen LogP contribution in [0.1, 0.15) is 24.8 Å². The summed E-state index contributed by atoms with van der Waals surface area (Å²) in [7, 11) is 0. The molecule has 1 aromatic carbocycles. The molecule has 2 rings (SSSR count). The van der Waals surface area contributed by atoms with Gasteiger partial charge in [-0.2, -0.15) is 11.8 Å². The topological polar surface area (TPSA) is 9.23 Å². The van der Waals surface area contributed by atoms with Gasteiger partial charge in [0.25, 0.3) is 0 Å². The van der Waals surface area contributed by atoms with Crippen molar-refractivity contribution in [3.8, 4) is 0 Å². The van der Waals surface area contributed by atoms with Gasteiger partial charge in [-0.1, -0.05) is 28.1 Å². The predicted molar refractivity (Wildman–Crippen MR) is 73.9 cm³/mol. The summed E-state index contributed by atoms with van der Waals surface area (Å²) in [6, 6.07) is 8.57. The maximum atomic E-state index is 5.71. The van der Waals surface area contributed by atoms with Crippen LogP contribution < -0.4 is 0 Å². The van der Waals surface area contributed by atoms with Crippen LogP contribution in [0.25, 0.3) is 0 Å². The third-order valence-electron chi connectivity index (χ3n) is 2.76. The SMILES string of the molecule is Brc1ccc(CSCC2CCCCO2)cc1. The Hall–Kier alpha value is 0.01000. The maximum absolute atomic E-state index is 5.71. The molecular formula is C13H17BrOS. The number of benzene rings is 1. The Labute approximate surface area is 110 Å². The zero-order chi connectivity index (χ0) is 11.2. The van der Waals surface area contributed by atoms with Gasteiger partial charge in [0.15, 0.2) is 0 Å². The molecule has 1 unspecified atom stereocenters. The Bertz CT molecular complexity index is 306. The Kier molecular flexibility index (Phi) is 5.20. The van der Waals surface area contributed by atoms with E-state index >= 15 is 0 Å². The highest BCUT2D eigenvalue weighted by Gasteiger charge is 2.13. The molecule has 0 amide bonds. The molecule has 88 valence electrons. The summed E-state index contributed by atoms with van der Waals surface area (Å²) in [5.74, 6) is 2.23. The number of rotatable bonds is 4. The summed E-state index contributed by atoms with van der Waals surface area (Å²) in [6.07, 6.45) is 4.32. The summed E-state index contributed by atoms with van der Waals surface area (Å²) in [6.45, 7) is 0.962. The molecule has 1 aromatic rings. The Morgan fingerprint density at radius 2 is 2.06 bits per heavy atom. The van der Waals surface area contributed by atoms with Crippen LogP contribution >= 0.6 is 27.7 Å². The molecule has 0 bridgehead atoms. The van der Waals surface area contributed by atoms with E-state index in [-0.39, 0.29) is 0 Å². The molecule has 0 N–H and O–H groups in total. The summed E-state index contributed by atoms with van der Waals surface area (Å²) in [5, 5.41) is 0. The lowest BCUT2D eigenvalue weighted by molar-refractivity contribution is 0.0315. The van der Waals surface area contributed by atoms with Gasteiger partial charge in [-0.05, 0) is 37.0 Å². The summed E-state index contributed by atoms with van der Waals surface area (Å²) in [4.78, 5) is 0. The predicted octanol–water partition coefficient (Wildman–Crippen LogP) is 4.25. The van der Waals surface area contributed by atoms with Crippen molar-refractivity contribution in [2.75, 3.05) is 12.4 Å². The van der Waals surface area contributed by atoms with E-state index in [0.29, 0.717) is 6.10 Å². The largest absolute Gasteiger partial charge is 0.377 e. The summed E-state index contributed by atoms with van der Waals surface area (Å²) in [5.41, 5.74) is 1.39. The normalized spacial score (nSPS) is 20.9. The zero-order valence-corrected chi connectivity index (χ0v) is 11.7. The average molecular weight is 301 g/mol. The monoisotopic (exact) mass is 300 g/mol. The lowest BCUT2D eigenvalue weighted by Crippen LogP contribution is -2.21. The van der Waals surface area contributed by atoms with Crippen LogP contribution in [0.5, 0.6) is 0 Å². The third-order valence-corrected chi connectivity index (χ3v) is 4.43. The zero-order valence-electron chi connectivity index (χ0n) is 9.32. The molecule has 0 radical (unpaired) electrons. The fourth-order valence-corrected chi connectivity index (χ4v) is 3.16. The second-order valence-electron chi connectivity index (χ2n) is 4.13. The number of hydrogen-bond donors (Lipinski definition) is 0. The third kappa shape index (κ3) is 4.11. The van der Waals surface area contributed by atoms with Gasteiger partial charge in [-0.25, -0.2) is 0 Å². The Balaban J connectivity index is 1.69. The molecule has 3 heteroatoms. The molecular weight excluding hydrogens is 284 g/mol. The van der Waals surface area contributed by atoms with Gasteiger partial charge in [0.1, 0.15) is 0 Å². The van der Waals surface area contributed by atoms with Crippen LogP contribution in [-0.2, 0) is 10.5 Å². The van der Waals surface area contributed by atoms with Crippen LogP contribution in [0.3, 0.4) is 0 Å². The van der Waals surface area contributed by atoms with Crippen molar-refractivity contribution in [1.82, 2.24) is 0 Å². The van der Waals surface area contributed by atoms with Crippen molar-refractivity contribution >= 4 is 27.7 Å². The maximum Gasteiger partial charge on any atom is 0.0665 e. The van der Waals surface area contributed by atoms with E-state index in [9.17, 15) is 0 Å². The van der Waals surface area contributed by atoms with Crippen molar-refractivity contribution in [3.63, 3.8) is 0 Å². The molecule has 1 aliphatic rings. The first-order valence-corrected chi connectivity index (χ1v) is 7.73. The first-order valence-electron chi connectivity index (χ1n) is 5.78. The van der Waals surface area contributed by atoms with E-state index in [2.05, 4.69) is 40.2 Å².